The first-order chi connectivity index (χ1) is 10.0. The predicted molar refractivity (Wildman–Crippen MR) is 77.7 cm³/mol. The average Bonchev–Trinajstić information content (AvgIpc) is 2.96. The lowest BCUT2D eigenvalue weighted by Crippen LogP contribution is -2.33. The Labute approximate surface area is 122 Å². The highest BCUT2D eigenvalue weighted by atomic mass is 16.5. The van der Waals surface area contributed by atoms with Crippen molar-refractivity contribution in [2.24, 2.45) is 11.7 Å². The summed E-state index contributed by atoms with van der Waals surface area (Å²) >= 11 is 0. The number of carbonyl (C=O) groups is 2. The Balaban J connectivity index is 2.12. The fourth-order valence-electron chi connectivity index (χ4n) is 2.34. The smallest absolute Gasteiger partial charge is 0.335 e. The van der Waals surface area contributed by atoms with E-state index in [0.717, 1.165) is 6.42 Å². The molecule has 1 saturated heterocycles. The molecule has 1 aliphatic heterocycles. The predicted octanol–water partition coefficient (Wildman–Crippen LogP) is 1.21. The number of benzene rings is 1. The molecule has 2 rings (SSSR count). The van der Waals surface area contributed by atoms with Crippen LogP contribution in [-0.4, -0.2) is 48.8 Å². The molecule has 1 aromatic carbocycles. The van der Waals surface area contributed by atoms with Crippen LogP contribution < -0.4 is 15.8 Å². The third-order valence-electron chi connectivity index (χ3n) is 3.59. The number of carbonyl (C=O) groups excluding carboxylic acids is 1. The second kappa shape index (κ2) is 6.45. The maximum atomic E-state index is 12.2. The molecule has 0 aliphatic carbocycles. The van der Waals surface area contributed by atoms with E-state index in [0.29, 0.717) is 37.0 Å². The zero-order chi connectivity index (χ0) is 15.4. The van der Waals surface area contributed by atoms with Gasteiger partial charge in [-0.2, -0.15) is 0 Å². The van der Waals surface area contributed by atoms with E-state index in [-0.39, 0.29) is 11.6 Å². The fraction of sp³-hybridized carbons (Fsp3) is 0.429. The van der Waals surface area contributed by atoms with Gasteiger partial charge in [-0.25, -0.2) is 9.59 Å². The molecule has 1 aromatic rings. The molecular weight excluding hydrogens is 274 g/mol. The van der Waals surface area contributed by atoms with Crippen LogP contribution in [0.25, 0.3) is 0 Å². The van der Waals surface area contributed by atoms with Gasteiger partial charge in [0.15, 0.2) is 0 Å². The monoisotopic (exact) mass is 293 g/mol. The lowest BCUT2D eigenvalue weighted by molar-refractivity contribution is 0.0697. The summed E-state index contributed by atoms with van der Waals surface area (Å²) in [5.41, 5.74) is 6.04. The highest BCUT2D eigenvalue weighted by molar-refractivity contribution is 5.94. The summed E-state index contributed by atoms with van der Waals surface area (Å²) in [6.07, 6.45) is 0.885. The molecule has 0 aromatic heterocycles. The maximum absolute atomic E-state index is 12.2. The van der Waals surface area contributed by atoms with Gasteiger partial charge in [-0.1, -0.05) is 0 Å². The number of methoxy groups -OCH3 is 1. The van der Waals surface area contributed by atoms with Gasteiger partial charge < -0.3 is 25.8 Å². The Morgan fingerprint density at radius 1 is 1.52 bits per heavy atom. The topological polar surface area (TPSA) is 105 Å². The van der Waals surface area contributed by atoms with E-state index in [2.05, 4.69) is 5.32 Å². The molecule has 0 saturated carbocycles. The molecule has 114 valence electrons. The molecule has 1 fully saturated rings. The van der Waals surface area contributed by atoms with E-state index in [1.54, 1.807) is 4.90 Å². The van der Waals surface area contributed by atoms with Crippen LogP contribution >= 0.6 is 0 Å². The van der Waals surface area contributed by atoms with Crippen molar-refractivity contribution in [2.75, 3.05) is 32.1 Å². The van der Waals surface area contributed by atoms with Crippen molar-refractivity contribution in [2.45, 2.75) is 6.42 Å². The van der Waals surface area contributed by atoms with Gasteiger partial charge in [0.1, 0.15) is 5.75 Å². The molecule has 0 bridgehead atoms. The first kappa shape index (κ1) is 15.1. The third kappa shape index (κ3) is 3.43. The molecule has 1 aliphatic rings. The van der Waals surface area contributed by atoms with Gasteiger partial charge in [0.05, 0.1) is 18.4 Å². The average molecular weight is 293 g/mol. The molecule has 1 atom stereocenters. The molecule has 21 heavy (non-hydrogen) atoms. The second-order valence-corrected chi connectivity index (χ2v) is 4.99. The quantitative estimate of drug-likeness (QED) is 0.773. The number of anilines is 1. The Hall–Kier alpha value is -2.28. The number of urea groups is 1. The molecule has 4 N–H and O–H groups in total. The Morgan fingerprint density at radius 3 is 2.86 bits per heavy atom. The van der Waals surface area contributed by atoms with Gasteiger partial charge in [-0.3, -0.25) is 0 Å². The number of ether oxygens (including phenoxy) is 1. The lowest BCUT2D eigenvalue weighted by atomic mass is 10.1. The van der Waals surface area contributed by atoms with Gasteiger partial charge in [-0.05, 0) is 37.1 Å². The summed E-state index contributed by atoms with van der Waals surface area (Å²) in [5, 5.41) is 11.7. The molecule has 0 spiro atoms. The number of hydrogen-bond acceptors (Lipinski definition) is 4. The first-order valence-corrected chi connectivity index (χ1v) is 6.72. The number of carboxylic acid groups (broad SMARTS) is 1. The van der Waals surface area contributed by atoms with E-state index in [4.69, 9.17) is 15.6 Å². The highest BCUT2D eigenvalue weighted by Gasteiger charge is 2.25. The van der Waals surface area contributed by atoms with Crippen LogP contribution in [0.5, 0.6) is 5.75 Å². The number of nitrogens with two attached hydrogens (primary N) is 1. The SMILES string of the molecule is COc1ccc(C(=O)O)cc1NC(=O)N1CCC(CN)C1. The number of aromatic carboxylic acids is 1. The number of rotatable bonds is 4. The van der Waals surface area contributed by atoms with Crippen molar-refractivity contribution in [3.05, 3.63) is 23.8 Å². The van der Waals surface area contributed by atoms with Gasteiger partial charge in [0, 0.05) is 13.1 Å². The molecule has 7 heteroatoms. The van der Waals surface area contributed by atoms with Crippen molar-refractivity contribution < 1.29 is 19.4 Å². The zero-order valence-corrected chi connectivity index (χ0v) is 11.8. The van der Waals surface area contributed by atoms with Crippen LogP contribution in [0.3, 0.4) is 0 Å². The van der Waals surface area contributed by atoms with Gasteiger partial charge >= 0.3 is 12.0 Å². The minimum Gasteiger partial charge on any atom is -0.495 e. The van der Waals surface area contributed by atoms with E-state index >= 15 is 0 Å². The largest absolute Gasteiger partial charge is 0.495 e. The summed E-state index contributed by atoms with van der Waals surface area (Å²) in [6.45, 7) is 1.82. The first-order valence-electron chi connectivity index (χ1n) is 6.72. The Morgan fingerprint density at radius 2 is 2.29 bits per heavy atom. The lowest BCUT2D eigenvalue weighted by Gasteiger charge is -2.18. The molecule has 1 unspecified atom stereocenters. The Bertz CT molecular complexity index is 547. The van der Waals surface area contributed by atoms with E-state index in [9.17, 15) is 9.59 Å². The van der Waals surface area contributed by atoms with Crippen LogP contribution in [0.1, 0.15) is 16.8 Å². The summed E-state index contributed by atoms with van der Waals surface area (Å²) in [7, 11) is 1.46. The van der Waals surface area contributed by atoms with Crippen molar-refractivity contribution in [3.8, 4) is 5.75 Å². The molecular formula is C14H19N3O4. The summed E-state index contributed by atoms with van der Waals surface area (Å²) in [5.74, 6) is -0.316. The van der Waals surface area contributed by atoms with Crippen LogP contribution in [0.4, 0.5) is 10.5 Å². The standard InChI is InChI=1S/C14H19N3O4/c1-21-12-3-2-10(13(18)19)6-11(12)16-14(20)17-5-4-9(7-15)8-17/h2-3,6,9H,4-5,7-8,15H2,1H3,(H,16,20)(H,18,19). The van der Waals surface area contributed by atoms with Crippen molar-refractivity contribution in [3.63, 3.8) is 0 Å². The van der Waals surface area contributed by atoms with E-state index in [1.165, 1.54) is 25.3 Å². The second-order valence-electron chi connectivity index (χ2n) is 4.99. The maximum Gasteiger partial charge on any atom is 0.335 e. The van der Waals surface area contributed by atoms with Gasteiger partial charge in [0.25, 0.3) is 0 Å². The molecule has 7 nitrogen and oxygen atoms in total. The van der Waals surface area contributed by atoms with E-state index < -0.39 is 5.97 Å². The highest BCUT2D eigenvalue weighted by Crippen LogP contribution is 2.26. The molecule has 0 radical (unpaired) electrons. The number of nitrogens with one attached hydrogen (secondary N) is 1. The molecule has 1 heterocycles. The minimum atomic E-state index is -1.06. The molecule has 2 amide bonds. The van der Waals surface area contributed by atoms with Crippen molar-refractivity contribution >= 4 is 17.7 Å². The summed E-state index contributed by atoms with van der Waals surface area (Å²) < 4.78 is 5.14. The van der Waals surface area contributed by atoms with E-state index in [1.807, 2.05) is 0 Å². The zero-order valence-electron chi connectivity index (χ0n) is 11.8. The van der Waals surface area contributed by atoms with Crippen LogP contribution in [0.15, 0.2) is 18.2 Å². The number of nitrogens with zero attached hydrogens (tertiary/aromatic N) is 1. The number of carboxylic acids is 1. The third-order valence-corrected chi connectivity index (χ3v) is 3.59. The van der Waals surface area contributed by atoms with Crippen LogP contribution in [-0.2, 0) is 0 Å². The number of hydrogen-bond donors (Lipinski definition) is 3. The van der Waals surface area contributed by atoms with Gasteiger partial charge in [-0.15, -0.1) is 0 Å². The number of likely N-dealkylation sites (tertiary alicyclic amines) is 1. The van der Waals surface area contributed by atoms with Crippen LogP contribution in [0.2, 0.25) is 0 Å². The number of amides is 2. The van der Waals surface area contributed by atoms with Crippen LogP contribution in [0, 0.1) is 5.92 Å². The normalized spacial score (nSPS) is 17.6. The van der Waals surface area contributed by atoms with Gasteiger partial charge in [0.2, 0.25) is 0 Å². The van der Waals surface area contributed by atoms with Crippen molar-refractivity contribution in [1.82, 2.24) is 4.90 Å². The minimum absolute atomic E-state index is 0.0901. The summed E-state index contributed by atoms with van der Waals surface area (Å²) in [4.78, 5) is 24.9. The van der Waals surface area contributed by atoms with Crippen molar-refractivity contribution in [1.29, 1.82) is 0 Å². The fourth-order valence-corrected chi connectivity index (χ4v) is 2.34. The summed E-state index contributed by atoms with van der Waals surface area (Å²) in [6, 6.07) is 4.06. The Kier molecular flexibility index (Phi) is 4.64.